The highest BCUT2D eigenvalue weighted by molar-refractivity contribution is 5.78. The van der Waals surface area contributed by atoms with Crippen molar-refractivity contribution in [2.24, 2.45) is 0 Å². The van der Waals surface area contributed by atoms with E-state index in [-0.39, 0.29) is 0 Å². The lowest BCUT2D eigenvalue weighted by Gasteiger charge is -2.26. The summed E-state index contributed by atoms with van der Waals surface area (Å²) in [7, 11) is 0. The van der Waals surface area contributed by atoms with Crippen LogP contribution >= 0.6 is 0 Å². The van der Waals surface area contributed by atoms with Crippen molar-refractivity contribution >= 4 is 39.8 Å². The van der Waals surface area contributed by atoms with Gasteiger partial charge in [0.2, 0.25) is 0 Å². The van der Waals surface area contributed by atoms with Crippen LogP contribution < -0.4 is 15.5 Å². The molecule has 0 atom stereocenters. The van der Waals surface area contributed by atoms with Gasteiger partial charge in [-0.2, -0.15) is 0 Å². The molecule has 3 nitrogen and oxygen atoms in total. The van der Waals surface area contributed by atoms with Crippen molar-refractivity contribution in [1.29, 1.82) is 0 Å². The molecule has 0 aliphatic carbocycles. The van der Waals surface area contributed by atoms with E-state index in [0.29, 0.717) is 0 Å². The zero-order chi connectivity index (χ0) is 24.0. The first kappa shape index (κ1) is 22.3. The molecule has 0 aliphatic rings. The van der Waals surface area contributed by atoms with Crippen molar-refractivity contribution in [3.8, 4) is 0 Å². The van der Waals surface area contributed by atoms with Gasteiger partial charge in [-0.1, -0.05) is 42.5 Å². The summed E-state index contributed by atoms with van der Waals surface area (Å²) < 4.78 is 0. The Kier molecular flexibility index (Phi) is 6.49. The third-order valence-electron chi connectivity index (χ3n) is 5.88. The van der Waals surface area contributed by atoms with Crippen LogP contribution in [0.15, 0.2) is 127 Å². The van der Waals surface area contributed by atoms with Crippen LogP contribution in [0.3, 0.4) is 0 Å². The van der Waals surface area contributed by atoms with E-state index in [2.05, 4.69) is 151 Å². The highest BCUT2D eigenvalue weighted by Crippen LogP contribution is 2.35. The Labute approximate surface area is 207 Å². The van der Waals surface area contributed by atoms with Gasteiger partial charge in [0.25, 0.3) is 0 Å². The summed E-state index contributed by atoms with van der Waals surface area (Å²) in [4.78, 5) is 2.28. The number of benzene rings is 5. The van der Waals surface area contributed by atoms with Gasteiger partial charge >= 0.3 is 0 Å². The highest BCUT2D eigenvalue weighted by Gasteiger charge is 2.12. The van der Waals surface area contributed by atoms with Gasteiger partial charge in [0, 0.05) is 39.8 Å². The summed E-state index contributed by atoms with van der Waals surface area (Å²) in [5.41, 5.74) is 10.1. The minimum absolute atomic E-state index is 1.05. The van der Waals surface area contributed by atoms with Gasteiger partial charge in [0.05, 0.1) is 0 Å². The lowest BCUT2D eigenvalue weighted by Crippen LogP contribution is -2.09. The molecule has 0 aromatic heterocycles. The van der Waals surface area contributed by atoms with E-state index in [1.165, 1.54) is 11.1 Å². The first-order valence-electron chi connectivity index (χ1n) is 11.9. The molecule has 35 heavy (non-hydrogen) atoms. The van der Waals surface area contributed by atoms with Crippen LogP contribution in [0.25, 0.3) is 0 Å². The van der Waals surface area contributed by atoms with Crippen molar-refractivity contribution in [2.75, 3.05) is 15.5 Å². The molecule has 0 fully saturated rings. The van der Waals surface area contributed by atoms with Crippen LogP contribution in [0, 0.1) is 13.8 Å². The van der Waals surface area contributed by atoms with Gasteiger partial charge in [-0.25, -0.2) is 0 Å². The molecular weight excluding hydrogens is 426 g/mol. The number of aryl methyl sites for hydroxylation is 2. The molecule has 5 rings (SSSR count). The first-order valence-corrected chi connectivity index (χ1v) is 11.9. The Morgan fingerprint density at radius 3 is 1.49 bits per heavy atom. The molecule has 0 spiro atoms. The molecule has 0 saturated heterocycles. The van der Waals surface area contributed by atoms with Crippen LogP contribution in [0.4, 0.5) is 39.8 Å². The maximum Gasteiger partial charge on any atom is 0.0464 e. The summed E-state index contributed by atoms with van der Waals surface area (Å²) >= 11 is 0. The van der Waals surface area contributed by atoms with Gasteiger partial charge < -0.3 is 15.5 Å². The normalized spacial score (nSPS) is 10.6. The highest BCUT2D eigenvalue weighted by atomic mass is 15.1. The minimum Gasteiger partial charge on any atom is -0.356 e. The average Bonchev–Trinajstić information content (AvgIpc) is 2.87. The molecule has 5 aromatic rings. The standard InChI is InChI=1S/C32H29N3/c1-24-8-6-10-29(22-24)34-27-16-14-26(15-17-27)33-28-18-20-31(21-19-28)35(30-11-4-3-5-12-30)32-13-7-9-25(2)23-32/h3-23,33-34H,1-2H3. The van der Waals surface area contributed by atoms with Crippen LogP contribution in [0.1, 0.15) is 11.1 Å². The SMILES string of the molecule is Cc1cccc(Nc2ccc(Nc3ccc(N(c4ccccc4)c4cccc(C)c4)cc3)cc2)c1. The lowest BCUT2D eigenvalue weighted by atomic mass is 10.1. The number of rotatable bonds is 7. The molecule has 2 N–H and O–H groups in total. The second-order valence-electron chi connectivity index (χ2n) is 8.75. The Morgan fingerprint density at radius 1 is 0.400 bits per heavy atom. The van der Waals surface area contributed by atoms with Gasteiger partial charge in [0.15, 0.2) is 0 Å². The van der Waals surface area contributed by atoms with E-state index in [1.807, 2.05) is 6.07 Å². The van der Waals surface area contributed by atoms with Crippen molar-refractivity contribution in [1.82, 2.24) is 0 Å². The van der Waals surface area contributed by atoms with Gasteiger partial charge in [0.1, 0.15) is 0 Å². The van der Waals surface area contributed by atoms with E-state index in [0.717, 1.165) is 39.8 Å². The molecule has 0 unspecified atom stereocenters. The zero-order valence-electron chi connectivity index (χ0n) is 20.1. The number of anilines is 7. The fourth-order valence-electron chi connectivity index (χ4n) is 4.18. The van der Waals surface area contributed by atoms with E-state index in [4.69, 9.17) is 0 Å². The number of nitrogens with one attached hydrogen (secondary N) is 2. The molecule has 0 saturated carbocycles. The van der Waals surface area contributed by atoms with Crippen molar-refractivity contribution in [3.05, 3.63) is 139 Å². The smallest absolute Gasteiger partial charge is 0.0464 e. The van der Waals surface area contributed by atoms with Crippen LogP contribution in [0.2, 0.25) is 0 Å². The zero-order valence-corrected chi connectivity index (χ0v) is 20.1. The van der Waals surface area contributed by atoms with Gasteiger partial charge in [-0.3, -0.25) is 0 Å². The molecule has 0 aliphatic heterocycles. The van der Waals surface area contributed by atoms with E-state index < -0.39 is 0 Å². The largest absolute Gasteiger partial charge is 0.356 e. The second-order valence-corrected chi connectivity index (χ2v) is 8.75. The molecule has 5 aromatic carbocycles. The molecule has 3 heteroatoms. The Morgan fingerprint density at radius 2 is 0.886 bits per heavy atom. The maximum absolute atomic E-state index is 3.51. The Balaban J connectivity index is 1.33. The van der Waals surface area contributed by atoms with E-state index in [1.54, 1.807) is 0 Å². The fourth-order valence-corrected chi connectivity index (χ4v) is 4.18. The predicted octanol–water partition coefficient (Wildman–Crippen LogP) is 9.26. The molecule has 0 bridgehead atoms. The quantitative estimate of drug-likeness (QED) is 0.256. The van der Waals surface area contributed by atoms with Gasteiger partial charge in [-0.15, -0.1) is 0 Å². The molecule has 0 heterocycles. The third kappa shape index (κ3) is 5.53. The first-order chi connectivity index (χ1) is 17.1. The third-order valence-corrected chi connectivity index (χ3v) is 5.88. The summed E-state index contributed by atoms with van der Waals surface area (Å²) in [6.45, 7) is 4.23. The Bertz CT molecular complexity index is 1390. The summed E-state index contributed by atoms with van der Waals surface area (Å²) in [6.07, 6.45) is 0. The predicted molar refractivity (Wildman–Crippen MR) is 150 cm³/mol. The average molecular weight is 456 g/mol. The molecule has 172 valence electrons. The number of para-hydroxylation sites is 1. The fraction of sp³-hybridized carbons (Fsp3) is 0.0625. The molecular formula is C32H29N3. The number of hydrogen-bond donors (Lipinski definition) is 2. The van der Waals surface area contributed by atoms with Crippen molar-refractivity contribution in [3.63, 3.8) is 0 Å². The van der Waals surface area contributed by atoms with Crippen molar-refractivity contribution < 1.29 is 0 Å². The van der Waals surface area contributed by atoms with Crippen molar-refractivity contribution in [2.45, 2.75) is 13.8 Å². The van der Waals surface area contributed by atoms with Gasteiger partial charge in [-0.05, 0) is 110 Å². The number of nitrogens with zero attached hydrogens (tertiary/aromatic N) is 1. The molecule has 0 radical (unpaired) electrons. The lowest BCUT2D eigenvalue weighted by molar-refractivity contribution is 1.27. The van der Waals surface area contributed by atoms with E-state index >= 15 is 0 Å². The van der Waals surface area contributed by atoms with Crippen LogP contribution in [-0.4, -0.2) is 0 Å². The minimum atomic E-state index is 1.05. The van der Waals surface area contributed by atoms with Crippen LogP contribution in [-0.2, 0) is 0 Å². The topological polar surface area (TPSA) is 27.3 Å². The maximum atomic E-state index is 3.51. The summed E-state index contributed by atoms with van der Waals surface area (Å²) in [5.74, 6) is 0. The monoisotopic (exact) mass is 455 g/mol. The summed E-state index contributed by atoms with van der Waals surface area (Å²) in [6, 6.07) is 44.4. The number of hydrogen-bond acceptors (Lipinski definition) is 3. The second kappa shape index (κ2) is 10.2. The summed E-state index contributed by atoms with van der Waals surface area (Å²) in [5, 5.41) is 6.97. The Hall–Kier alpha value is -4.50. The molecule has 0 amide bonds. The van der Waals surface area contributed by atoms with E-state index in [9.17, 15) is 0 Å². The van der Waals surface area contributed by atoms with Crippen LogP contribution in [0.5, 0.6) is 0 Å².